The van der Waals surface area contributed by atoms with E-state index in [0.29, 0.717) is 60.7 Å². The molecule has 0 unspecified atom stereocenters. The van der Waals surface area contributed by atoms with Crippen LogP contribution in [0.5, 0.6) is 11.5 Å². The second kappa shape index (κ2) is 10.4. The third kappa shape index (κ3) is 5.00. The number of H-pyrrole nitrogens is 1. The predicted octanol–water partition coefficient (Wildman–Crippen LogP) is 2.80. The van der Waals surface area contributed by atoms with Crippen molar-refractivity contribution >= 4 is 22.8 Å². The van der Waals surface area contributed by atoms with Crippen LogP contribution in [-0.4, -0.2) is 60.4 Å². The number of nitrogens with zero attached hydrogens (tertiary/aromatic N) is 2. The molecule has 37 heavy (non-hydrogen) atoms. The summed E-state index contributed by atoms with van der Waals surface area (Å²) in [4.78, 5) is 36.2. The number of benzene rings is 2. The first-order chi connectivity index (χ1) is 17.9. The molecule has 0 bridgehead atoms. The average molecular weight is 507 g/mol. The molecular weight excluding hydrogens is 472 g/mol. The Hall–Kier alpha value is -3.59. The number of amides is 1. The van der Waals surface area contributed by atoms with Gasteiger partial charge < -0.3 is 24.8 Å². The lowest BCUT2D eigenvalue weighted by Crippen LogP contribution is -2.53. The molecule has 1 aromatic heterocycles. The van der Waals surface area contributed by atoms with Crippen LogP contribution >= 0.6 is 0 Å². The van der Waals surface area contributed by atoms with E-state index in [4.69, 9.17) is 14.5 Å². The van der Waals surface area contributed by atoms with Crippen molar-refractivity contribution in [2.45, 2.75) is 50.7 Å². The molecule has 0 spiro atoms. The Kier molecular flexibility index (Phi) is 7.06. The fraction of sp³-hybridized carbons (Fsp3) is 0.464. The molecule has 5 rings (SSSR count). The number of hydrogen-bond acceptors (Lipinski definition) is 7. The molecule has 0 radical (unpaired) electrons. The first-order valence-corrected chi connectivity index (χ1v) is 12.9. The van der Waals surface area contributed by atoms with Crippen LogP contribution in [0.4, 0.5) is 5.95 Å². The minimum absolute atomic E-state index is 0.00116. The molecule has 1 saturated carbocycles. The predicted molar refractivity (Wildman–Crippen MR) is 141 cm³/mol. The van der Waals surface area contributed by atoms with Crippen molar-refractivity contribution in [3.63, 3.8) is 0 Å². The van der Waals surface area contributed by atoms with Gasteiger partial charge in [-0.05, 0) is 50.2 Å². The maximum Gasteiger partial charge on any atom is 0.260 e. The van der Waals surface area contributed by atoms with Crippen LogP contribution in [0.25, 0.3) is 10.9 Å². The second-order valence-electron chi connectivity index (χ2n) is 10.1. The Morgan fingerprint density at radius 1 is 1.14 bits per heavy atom. The van der Waals surface area contributed by atoms with Crippen LogP contribution < -0.4 is 25.2 Å². The summed E-state index contributed by atoms with van der Waals surface area (Å²) in [6, 6.07) is 13.2. The normalized spacial score (nSPS) is 21.1. The van der Waals surface area contributed by atoms with E-state index < -0.39 is 11.5 Å². The lowest BCUT2D eigenvalue weighted by Gasteiger charge is -2.41. The summed E-state index contributed by atoms with van der Waals surface area (Å²) >= 11 is 0. The van der Waals surface area contributed by atoms with Crippen molar-refractivity contribution in [1.82, 2.24) is 15.3 Å². The number of anilines is 1. The number of carbonyl (C=O) groups is 1. The van der Waals surface area contributed by atoms with Gasteiger partial charge in [0.2, 0.25) is 11.9 Å². The monoisotopic (exact) mass is 506 g/mol. The minimum Gasteiger partial charge on any atom is -0.493 e. The highest BCUT2D eigenvalue weighted by Crippen LogP contribution is 2.38. The highest BCUT2D eigenvalue weighted by Gasteiger charge is 2.43. The Morgan fingerprint density at radius 3 is 2.49 bits per heavy atom. The maximum absolute atomic E-state index is 13.7. The lowest BCUT2D eigenvalue weighted by atomic mass is 9.72. The number of hydrogen-bond donors (Lipinski definition) is 3. The largest absolute Gasteiger partial charge is 0.493 e. The quantitative estimate of drug-likeness (QED) is 0.451. The average Bonchev–Trinajstić information content (AvgIpc) is 3.32. The van der Waals surface area contributed by atoms with Crippen LogP contribution in [-0.2, 0) is 11.2 Å². The van der Waals surface area contributed by atoms with Crippen LogP contribution in [0.2, 0.25) is 0 Å². The van der Waals surface area contributed by atoms with Crippen molar-refractivity contribution in [2.75, 3.05) is 32.2 Å². The summed E-state index contributed by atoms with van der Waals surface area (Å²) < 4.78 is 10.7. The summed E-state index contributed by atoms with van der Waals surface area (Å²) in [5, 5.41) is 13.9. The first kappa shape index (κ1) is 25.1. The molecule has 1 amide bonds. The topological polar surface area (TPSA) is 117 Å². The minimum atomic E-state index is -0.603. The summed E-state index contributed by atoms with van der Waals surface area (Å²) in [7, 11) is 3.07. The van der Waals surface area contributed by atoms with Gasteiger partial charge in [0.05, 0.1) is 42.7 Å². The van der Waals surface area contributed by atoms with Gasteiger partial charge in [-0.1, -0.05) is 30.3 Å². The number of methoxy groups -OCH3 is 2. The van der Waals surface area contributed by atoms with Crippen LogP contribution in [0, 0.1) is 5.41 Å². The molecule has 196 valence electrons. The number of nitrogens with one attached hydrogen (secondary N) is 2. The third-order valence-corrected chi connectivity index (χ3v) is 7.88. The van der Waals surface area contributed by atoms with Gasteiger partial charge >= 0.3 is 0 Å². The van der Waals surface area contributed by atoms with E-state index >= 15 is 0 Å². The fourth-order valence-corrected chi connectivity index (χ4v) is 5.65. The van der Waals surface area contributed by atoms with Crippen molar-refractivity contribution in [3.8, 4) is 11.5 Å². The molecule has 2 aromatic carbocycles. The molecule has 3 aromatic rings. The first-order valence-electron chi connectivity index (χ1n) is 12.9. The van der Waals surface area contributed by atoms with Crippen LogP contribution in [0.3, 0.4) is 0 Å². The number of aromatic amines is 1. The molecule has 1 aliphatic carbocycles. The summed E-state index contributed by atoms with van der Waals surface area (Å²) in [6.07, 6.45) is 3.78. The molecule has 9 heteroatoms. The number of fused-ring (bicyclic) bond motifs is 1. The number of aromatic nitrogens is 2. The summed E-state index contributed by atoms with van der Waals surface area (Å²) in [5.74, 6) is 1.45. The maximum atomic E-state index is 13.7. The Balaban J connectivity index is 1.40. The van der Waals surface area contributed by atoms with E-state index in [1.807, 2.05) is 23.1 Å². The highest BCUT2D eigenvalue weighted by atomic mass is 16.5. The molecule has 3 N–H and O–H groups in total. The number of carbonyl (C=O) groups excluding carboxylic acids is 1. The zero-order valence-corrected chi connectivity index (χ0v) is 21.3. The van der Waals surface area contributed by atoms with Crippen molar-refractivity contribution in [2.24, 2.45) is 5.41 Å². The summed E-state index contributed by atoms with van der Waals surface area (Å²) in [5.41, 5.74) is 0.769. The standard InChI is InChI=1S/C28H34N4O5/c1-36-23-15-19-21(16-24(23)37-2)30-27(31-25(19)34)32-13-11-28(12-14-32,17-18-7-4-3-5-8-18)26(35)29-20-9-6-10-22(20)33/h3-5,7-8,15-16,20,22,33H,6,9-14,17H2,1-2H3,(H,29,35)(H,30,31,34)/t20-,22-/m0/s1. The smallest absolute Gasteiger partial charge is 0.260 e. The van der Waals surface area contributed by atoms with Crippen molar-refractivity contribution < 1.29 is 19.4 Å². The number of ether oxygens (including phenoxy) is 2. The van der Waals surface area contributed by atoms with Gasteiger partial charge in [-0.2, -0.15) is 0 Å². The number of rotatable bonds is 7. The Labute approximate surface area is 215 Å². The third-order valence-electron chi connectivity index (χ3n) is 7.88. The van der Waals surface area contributed by atoms with Gasteiger partial charge in [0.25, 0.3) is 5.56 Å². The van der Waals surface area contributed by atoms with Gasteiger partial charge in [0, 0.05) is 19.2 Å². The SMILES string of the molecule is COc1cc2nc(N3CCC(Cc4ccccc4)(C(=O)N[C@H]4CCC[C@@H]4O)CC3)[nH]c(=O)c2cc1OC. The highest BCUT2D eigenvalue weighted by molar-refractivity contribution is 5.84. The number of piperidine rings is 1. The van der Waals surface area contributed by atoms with E-state index in [-0.39, 0.29) is 17.5 Å². The molecular formula is C28H34N4O5. The molecule has 9 nitrogen and oxygen atoms in total. The second-order valence-corrected chi connectivity index (χ2v) is 10.1. The molecule has 2 atom stereocenters. The van der Waals surface area contributed by atoms with Crippen molar-refractivity contribution in [1.29, 1.82) is 0 Å². The van der Waals surface area contributed by atoms with E-state index in [0.717, 1.165) is 24.8 Å². The fourth-order valence-electron chi connectivity index (χ4n) is 5.65. The van der Waals surface area contributed by atoms with Gasteiger partial charge in [0.15, 0.2) is 11.5 Å². The Bertz CT molecular complexity index is 1320. The Morgan fingerprint density at radius 2 is 1.84 bits per heavy atom. The molecule has 2 heterocycles. The summed E-state index contributed by atoms with van der Waals surface area (Å²) in [6.45, 7) is 1.13. The van der Waals surface area contributed by atoms with Gasteiger partial charge in [-0.25, -0.2) is 4.98 Å². The molecule has 1 aliphatic heterocycles. The molecule has 2 fully saturated rings. The van der Waals surface area contributed by atoms with E-state index in [1.54, 1.807) is 19.2 Å². The van der Waals surface area contributed by atoms with Crippen LogP contribution in [0.1, 0.15) is 37.7 Å². The van der Waals surface area contributed by atoms with Crippen LogP contribution in [0.15, 0.2) is 47.3 Å². The zero-order valence-electron chi connectivity index (χ0n) is 21.3. The number of aliphatic hydroxyl groups excluding tert-OH is 1. The number of aliphatic hydroxyl groups is 1. The van der Waals surface area contributed by atoms with Gasteiger partial charge in [-0.15, -0.1) is 0 Å². The zero-order chi connectivity index (χ0) is 26.0. The van der Waals surface area contributed by atoms with E-state index in [1.165, 1.54) is 7.11 Å². The van der Waals surface area contributed by atoms with Crippen molar-refractivity contribution in [3.05, 3.63) is 58.4 Å². The lowest BCUT2D eigenvalue weighted by molar-refractivity contribution is -0.133. The molecule has 1 saturated heterocycles. The van der Waals surface area contributed by atoms with Gasteiger partial charge in [0.1, 0.15) is 0 Å². The van der Waals surface area contributed by atoms with E-state index in [9.17, 15) is 14.7 Å². The molecule has 2 aliphatic rings. The van der Waals surface area contributed by atoms with Gasteiger partial charge in [-0.3, -0.25) is 14.6 Å². The van der Waals surface area contributed by atoms with E-state index in [2.05, 4.69) is 22.4 Å².